The average molecular weight is 268 g/mol. The molecule has 1 aliphatic carbocycles. The first-order chi connectivity index (χ1) is 8.69. The first-order valence-electron chi connectivity index (χ1n) is 6.78. The number of aliphatic hydroxyl groups is 1. The standard InChI is InChI=1S/C15H22ClNO/c1-11-5-6-12(8-15(11)16)9-17-14-4-2-3-13(7-14)10-18/h5-6,8,13-14,17-18H,2-4,7,9-10H2,1H3. The van der Waals surface area contributed by atoms with Gasteiger partial charge >= 0.3 is 0 Å². The summed E-state index contributed by atoms with van der Waals surface area (Å²) in [5, 5.41) is 13.6. The Bertz CT molecular complexity index is 394. The topological polar surface area (TPSA) is 32.3 Å². The van der Waals surface area contributed by atoms with E-state index in [1.165, 1.54) is 24.8 Å². The van der Waals surface area contributed by atoms with Crippen LogP contribution in [0.3, 0.4) is 0 Å². The Hall–Kier alpha value is -0.570. The number of hydrogen-bond acceptors (Lipinski definition) is 2. The lowest BCUT2D eigenvalue weighted by Crippen LogP contribution is -2.34. The SMILES string of the molecule is Cc1ccc(CNC2CCCC(CO)C2)cc1Cl. The Labute approximate surface area is 114 Å². The van der Waals surface area contributed by atoms with Crippen molar-refractivity contribution in [3.05, 3.63) is 34.3 Å². The van der Waals surface area contributed by atoms with E-state index in [4.69, 9.17) is 11.6 Å². The highest BCUT2D eigenvalue weighted by Gasteiger charge is 2.20. The smallest absolute Gasteiger partial charge is 0.0459 e. The fraction of sp³-hybridized carbons (Fsp3) is 0.600. The first-order valence-corrected chi connectivity index (χ1v) is 7.16. The van der Waals surface area contributed by atoms with E-state index in [1.54, 1.807) is 0 Å². The van der Waals surface area contributed by atoms with Gasteiger partial charge in [-0.2, -0.15) is 0 Å². The molecule has 2 N–H and O–H groups in total. The van der Waals surface area contributed by atoms with E-state index >= 15 is 0 Å². The number of nitrogens with one attached hydrogen (secondary N) is 1. The summed E-state index contributed by atoms with van der Waals surface area (Å²) >= 11 is 6.12. The molecule has 1 aromatic carbocycles. The van der Waals surface area contributed by atoms with Gasteiger partial charge in [-0.05, 0) is 49.3 Å². The summed E-state index contributed by atoms with van der Waals surface area (Å²) in [6, 6.07) is 6.77. The maximum absolute atomic E-state index is 9.22. The Morgan fingerprint density at radius 3 is 2.94 bits per heavy atom. The van der Waals surface area contributed by atoms with Gasteiger partial charge in [-0.15, -0.1) is 0 Å². The lowest BCUT2D eigenvalue weighted by Gasteiger charge is -2.28. The van der Waals surface area contributed by atoms with Gasteiger partial charge in [0.05, 0.1) is 0 Å². The molecule has 2 unspecified atom stereocenters. The minimum absolute atomic E-state index is 0.328. The summed E-state index contributed by atoms with van der Waals surface area (Å²) < 4.78 is 0. The van der Waals surface area contributed by atoms with Gasteiger partial charge in [0.2, 0.25) is 0 Å². The molecular weight excluding hydrogens is 246 g/mol. The highest BCUT2D eigenvalue weighted by molar-refractivity contribution is 6.31. The van der Waals surface area contributed by atoms with Crippen molar-refractivity contribution >= 4 is 11.6 Å². The van der Waals surface area contributed by atoms with Gasteiger partial charge in [-0.3, -0.25) is 0 Å². The minimum atomic E-state index is 0.328. The summed E-state index contributed by atoms with van der Waals surface area (Å²) in [6.45, 7) is 3.21. The van der Waals surface area contributed by atoms with Crippen LogP contribution in [0.1, 0.15) is 36.8 Å². The van der Waals surface area contributed by atoms with Crippen LogP contribution in [-0.2, 0) is 6.54 Å². The van der Waals surface area contributed by atoms with Crippen molar-refractivity contribution in [2.24, 2.45) is 5.92 Å². The van der Waals surface area contributed by atoms with Crippen LogP contribution in [0.2, 0.25) is 5.02 Å². The van der Waals surface area contributed by atoms with Crippen LogP contribution in [0.15, 0.2) is 18.2 Å². The largest absolute Gasteiger partial charge is 0.396 e. The van der Waals surface area contributed by atoms with Gasteiger partial charge < -0.3 is 10.4 Å². The molecular formula is C15H22ClNO. The predicted octanol–water partition coefficient (Wildman–Crippen LogP) is 3.29. The van der Waals surface area contributed by atoms with Crippen molar-refractivity contribution in [2.45, 2.75) is 45.2 Å². The van der Waals surface area contributed by atoms with Crippen molar-refractivity contribution in [1.29, 1.82) is 0 Å². The van der Waals surface area contributed by atoms with Gasteiger partial charge in [-0.1, -0.05) is 30.2 Å². The van der Waals surface area contributed by atoms with Crippen LogP contribution in [0.4, 0.5) is 0 Å². The zero-order valence-corrected chi connectivity index (χ0v) is 11.7. The van der Waals surface area contributed by atoms with Crippen LogP contribution in [-0.4, -0.2) is 17.8 Å². The van der Waals surface area contributed by atoms with E-state index in [9.17, 15) is 5.11 Å². The zero-order chi connectivity index (χ0) is 13.0. The Kier molecular flexibility index (Phi) is 5.04. The Morgan fingerprint density at radius 2 is 2.22 bits per heavy atom. The lowest BCUT2D eigenvalue weighted by atomic mass is 9.86. The van der Waals surface area contributed by atoms with Crippen LogP contribution < -0.4 is 5.32 Å². The minimum Gasteiger partial charge on any atom is -0.396 e. The molecule has 0 heterocycles. The maximum Gasteiger partial charge on any atom is 0.0459 e. The number of halogens is 1. The molecule has 0 amide bonds. The van der Waals surface area contributed by atoms with Gasteiger partial charge in [0.1, 0.15) is 0 Å². The number of hydrogen-bond donors (Lipinski definition) is 2. The fourth-order valence-corrected chi connectivity index (χ4v) is 2.85. The van der Waals surface area contributed by atoms with Crippen molar-refractivity contribution in [1.82, 2.24) is 5.32 Å². The Balaban J connectivity index is 1.85. The van der Waals surface area contributed by atoms with E-state index in [0.29, 0.717) is 18.6 Å². The molecule has 2 rings (SSSR count). The molecule has 18 heavy (non-hydrogen) atoms. The van der Waals surface area contributed by atoms with E-state index < -0.39 is 0 Å². The summed E-state index contributed by atoms with van der Waals surface area (Å²) in [7, 11) is 0. The number of benzene rings is 1. The molecule has 0 radical (unpaired) electrons. The van der Waals surface area contributed by atoms with Crippen molar-refractivity contribution < 1.29 is 5.11 Å². The van der Waals surface area contributed by atoms with E-state index in [0.717, 1.165) is 23.6 Å². The van der Waals surface area contributed by atoms with Crippen LogP contribution in [0, 0.1) is 12.8 Å². The van der Waals surface area contributed by atoms with Crippen molar-refractivity contribution in [2.75, 3.05) is 6.61 Å². The molecule has 0 bridgehead atoms. The maximum atomic E-state index is 9.22. The van der Waals surface area contributed by atoms with Gasteiger partial charge in [0.15, 0.2) is 0 Å². The van der Waals surface area contributed by atoms with E-state index in [1.807, 2.05) is 13.0 Å². The zero-order valence-electron chi connectivity index (χ0n) is 11.0. The van der Waals surface area contributed by atoms with Crippen LogP contribution in [0.25, 0.3) is 0 Å². The van der Waals surface area contributed by atoms with E-state index in [-0.39, 0.29) is 0 Å². The van der Waals surface area contributed by atoms with Gasteiger partial charge in [0.25, 0.3) is 0 Å². The second-order valence-electron chi connectivity index (χ2n) is 5.38. The molecule has 1 fully saturated rings. The molecule has 0 aromatic heterocycles. The van der Waals surface area contributed by atoms with Gasteiger partial charge in [0, 0.05) is 24.2 Å². The highest BCUT2D eigenvalue weighted by Crippen LogP contribution is 2.24. The normalized spacial score (nSPS) is 24.2. The average Bonchev–Trinajstić information content (AvgIpc) is 2.40. The molecule has 0 saturated heterocycles. The molecule has 1 saturated carbocycles. The highest BCUT2D eigenvalue weighted by atomic mass is 35.5. The molecule has 1 aromatic rings. The molecule has 3 heteroatoms. The van der Waals surface area contributed by atoms with Crippen LogP contribution in [0.5, 0.6) is 0 Å². The summed E-state index contributed by atoms with van der Waals surface area (Å²) in [6.07, 6.45) is 4.70. The molecule has 0 aliphatic heterocycles. The fourth-order valence-electron chi connectivity index (χ4n) is 2.65. The third kappa shape index (κ3) is 3.71. The number of aliphatic hydroxyl groups excluding tert-OH is 1. The van der Waals surface area contributed by atoms with Crippen molar-refractivity contribution in [3.63, 3.8) is 0 Å². The van der Waals surface area contributed by atoms with Crippen LogP contribution >= 0.6 is 11.6 Å². The number of aryl methyl sites for hydroxylation is 1. The first kappa shape index (κ1) is 13.9. The Morgan fingerprint density at radius 1 is 1.39 bits per heavy atom. The van der Waals surface area contributed by atoms with E-state index in [2.05, 4.69) is 17.4 Å². The molecule has 0 spiro atoms. The third-order valence-corrected chi connectivity index (χ3v) is 4.28. The summed E-state index contributed by atoms with van der Waals surface area (Å²) in [5.41, 5.74) is 2.36. The molecule has 100 valence electrons. The molecule has 2 nitrogen and oxygen atoms in total. The summed E-state index contributed by atoms with van der Waals surface area (Å²) in [5.74, 6) is 0.484. The quantitative estimate of drug-likeness (QED) is 0.877. The third-order valence-electron chi connectivity index (χ3n) is 3.87. The summed E-state index contributed by atoms with van der Waals surface area (Å²) in [4.78, 5) is 0. The lowest BCUT2D eigenvalue weighted by molar-refractivity contribution is 0.170. The second kappa shape index (κ2) is 6.55. The molecule has 1 aliphatic rings. The van der Waals surface area contributed by atoms with Crippen molar-refractivity contribution in [3.8, 4) is 0 Å². The number of rotatable bonds is 4. The van der Waals surface area contributed by atoms with Gasteiger partial charge in [-0.25, -0.2) is 0 Å². The molecule has 2 atom stereocenters. The second-order valence-corrected chi connectivity index (χ2v) is 5.78. The monoisotopic (exact) mass is 267 g/mol. The predicted molar refractivity (Wildman–Crippen MR) is 75.9 cm³/mol.